The molecule has 1 aliphatic carbocycles. The Morgan fingerprint density at radius 1 is 1.24 bits per heavy atom. The van der Waals surface area contributed by atoms with E-state index in [1.807, 2.05) is 0 Å². The summed E-state index contributed by atoms with van der Waals surface area (Å²) < 4.78 is 5.73. The zero-order valence-electron chi connectivity index (χ0n) is 14.1. The van der Waals surface area contributed by atoms with Crippen LogP contribution in [0.15, 0.2) is 24.3 Å². The summed E-state index contributed by atoms with van der Waals surface area (Å²) in [6.45, 7) is 11.8. The van der Waals surface area contributed by atoms with Gasteiger partial charge in [0.05, 0.1) is 6.61 Å². The Balaban J connectivity index is 1.86. The van der Waals surface area contributed by atoms with Gasteiger partial charge in [0.25, 0.3) is 0 Å². The number of rotatable bonds is 7. The van der Waals surface area contributed by atoms with Crippen molar-refractivity contribution in [1.29, 1.82) is 0 Å². The molecule has 21 heavy (non-hydrogen) atoms. The van der Waals surface area contributed by atoms with E-state index in [2.05, 4.69) is 57.3 Å². The van der Waals surface area contributed by atoms with Crippen molar-refractivity contribution in [1.82, 2.24) is 5.32 Å². The Hall–Kier alpha value is -0.860. The highest BCUT2D eigenvalue weighted by atomic mass is 16.5. The molecule has 0 fully saturated rings. The maximum absolute atomic E-state index is 5.73. The fourth-order valence-corrected chi connectivity index (χ4v) is 3.15. The fourth-order valence-electron chi connectivity index (χ4n) is 3.15. The lowest BCUT2D eigenvalue weighted by molar-refractivity contribution is 0.114. The maximum atomic E-state index is 5.73. The van der Waals surface area contributed by atoms with Crippen LogP contribution >= 0.6 is 0 Å². The lowest BCUT2D eigenvalue weighted by atomic mass is 9.70. The summed E-state index contributed by atoms with van der Waals surface area (Å²) in [6.07, 6.45) is 3.60. The van der Waals surface area contributed by atoms with Crippen molar-refractivity contribution < 1.29 is 4.74 Å². The van der Waals surface area contributed by atoms with Gasteiger partial charge in [0.1, 0.15) is 0 Å². The number of hydrogen-bond donors (Lipinski definition) is 1. The Kier molecular flexibility index (Phi) is 5.83. The molecular weight excluding hydrogens is 258 g/mol. The summed E-state index contributed by atoms with van der Waals surface area (Å²) in [5.41, 5.74) is 3.30. The molecule has 1 aromatic carbocycles. The molecule has 0 aromatic heterocycles. The van der Waals surface area contributed by atoms with Crippen molar-refractivity contribution in [2.24, 2.45) is 11.3 Å². The molecule has 1 unspecified atom stereocenters. The third-order valence-electron chi connectivity index (χ3n) is 4.62. The van der Waals surface area contributed by atoms with Crippen molar-refractivity contribution in [3.8, 4) is 0 Å². The molecule has 0 radical (unpaired) electrons. The predicted octanol–water partition coefficient (Wildman–Crippen LogP) is 4.35. The van der Waals surface area contributed by atoms with Crippen LogP contribution < -0.4 is 5.32 Å². The summed E-state index contributed by atoms with van der Waals surface area (Å²) in [5, 5.41) is 3.73. The van der Waals surface area contributed by atoms with Crippen molar-refractivity contribution >= 4 is 0 Å². The largest absolute Gasteiger partial charge is 0.380 e. The van der Waals surface area contributed by atoms with Gasteiger partial charge in [-0.15, -0.1) is 0 Å². The Morgan fingerprint density at radius 2 is 2.00 bits per heavy atom. The van der Waals surface area contributed by atoms with Crippen LogP contribution in [-0.2, 0) is 11.2 Å². The van der Waals surface area contributed by atoms with Crippen molar-refractivity contribution in [2.75, 3.05) is 19.8 Å². The molecule has 1 atom stereocenters. The number of benzene rings is 1. The third-order valence-corrected chi connectivity index (χ3v) is 4.62. The Morgan fingerprint density at radius 3 is 2.76 bits per heavy atom. The fraction of sp³-hybridized carbons (Fsp3) is 0.684. The number of hydrogen-bond acceptors (Lipinski definition) is 2. The van der Waals surface area contributed by atoms with Gasteiger partial charge in [-0.05, 0) is 41.7 Å². The first-order valence-corrected chi connectivity index (χ1v) is 8.39. The van der Waals surface area contributed by atoms with Gasteiger partial charge in [-0.1, -0.05) is 52.0 Å². The minimum Gasteiger partial charge on any atom is -0.380 e. The first-order valence-electron chi connectivity index (χ1n) is 8.39. The molecule has 0 amide bonds. The summed E-state index contributed by atoms with van der Waals surface area (Å²) in [6, 6.07) is 9.32. The van der Waals surface area contributed by atoms with Crippen LogP contribution in [-0.4, -0.2) is 19.8 Å². The third kappa shape index (κ3) is 4.55. The lowest BCUT2D eigenvalue weighted by Crippen LogP contribution is -2.39. The minimum atomic E-state index is 0.312. The molecule has 0 aliphatic heterocycles. The summed E-state index contributed by atoms with van der Waals surface area (Å²) >= 11 is 0. The molecular formula is C19H31NO. The van der Waals surface area contributed by atoms with Gasteiger partial charge >= 0.3 is 0 Å². The molecule has 0 spiro atoms. The molecule has 0 bridgehead atoms. The quantitative estimate of drug-likeness (QED) is 0.753. The maximum Gasteiger partial charge on any atom is 0.0591 e. The second-order valence-electron chi connectivity index (χ2n) is 7.37. The van der Waals surface area contributed by atoms with E-state index in [1.54, 1.807) is 0 Å². The van der Waals surface area contributed by atoms with Gasteiger partial charge in [0.2, 0.25) is 0 Å². The summed E-state index contributed by atoms with van der Waals surface area (Å²) in [5.74, 6) is 0.724. The molecule has 2 nitrogen and oxygen atoms in total. The topological polar surface area (TPSA) is 21.3 Å². The van der Waals surface area contributed by atoms with Crippen LogP contribution in [0.25, 0.3) is 0 Å². The van der Waals surface area contributed by atoms with Crippen molar-refractivity contribution in [3.63, 3.8) is 0 Å². The lowest BCUT2D eigenvalue weighted by Gasteiger charge is -2.40. The highest BCUT2D eigenvalue weighted by Gasteiger charge is 2.35. The van der Waals surface area contributed by atoms with Crippen LogP contribution in [0.2, 0.25) is 0 Å². The Bertz CT molecular complexity index is 439. The van der Waals surface area contributed by atoms with Crippen LogP contribution in [0.5, 0.6) is 0 Å². The standard InChI is InChI=1S/C19H31NO/c1-15(2)10-13-21-14-12-20-18-17-8-6-5-7-16(17)9-11-19(18,3)4/h5-8,15,18,20H,9-14H2,1-4H3. The molecule has 0 heterocycles. The highest BCUT2D eigenvalue weighted by molar-refractivity contribution is 5.34. The molecule has 2 heteroatoms. The predicted molar refractivity (Wildman–Crippen MR) is 89.6 cm³/mol. The number of nitrogens with one attached hydrogen (secondary N) is 1. The smallest absolute Gasteiger partial charge is 0.0591 e. The van der Waals surface area contributed by atoms with E-state index in [9.17, 15) is 0 Å². The SMILES string of the molecule is CC(C)CCOCCNC1c2ccccc2CCC1(C)C. The first kappa shape index (κ1) is 16.5. The van der Waals surface area contributed by atoms with Crippen LogP contribution in [0, 0.1) is 11.3 Å². The van der Waals surface area contributed by atoms with E-state index in [4.69, 9.17) is 4.74 Å². The number of fused-ring (bicyclic) bond motifs is 1. The minimum absolute atomic E-state index is 0.312. The average molecular weight is 289 g/mol. The van der Waals surface area contributed by atoms with Gasteiger partial charge in [-0.3, -0.25) is 0 Å². The monoisotopic (exact) mass is 289 g/mol. The first-order chi connectivity index (χ1) is 10.0. The zero-order valence-corrected chi connectivity index (χ0v) is 14.1. The van der Waals surface area contributed by atoms with Gasteiger partial charge in [0, 0.05) is 19.2 Å². The van der Waals surface area contributed by atoms with Gasteiger partial charge in [0.15, 0.2) is 0 Å². The van der Waals surface area contributed by atoms with Crippen LogP contribution in [0.1, 0.15) is 57.7 Å². The molecule has 0 saturated carbocycles. The van der Waals surface area contributed by atoms with Gasteiger partial charge in [-0.2, -0.15) is 0 Å². The van der Waals surface area contributed by atoms with Crippen LogP contribution in [0.4, 0.5) is 0 Å². The van der Waals surface area contributed by atoms with E-state index in [1.165, 1.54) is 24.0 Å². The van der Waals surface area contributed by atoms with E-state index in [-0.39, 0.29) is 0 Å². The highest BCUT2D eigenvalue weighted by Crippen LogP contribution is 2.43. The van der Waals surface area contributed by atoms with E-state index in [0.717, 1.165) is 32.1 Å². The van der Waals surface area contributed by atoms with Crippen LogP contribution in [0.3, 0.4) is 0 Å². The van der Waals surface area contributed by atoms with Crippen molar-refractivity contribution in [3.05, 3.63) is 35.4 Å². The number of aryl methyl sites for hydroxylation is 1. The molecule has 118 valence electrons. The van der Waals surface area contributed by atoms with Crippen molar-refractivity contribution in [2.45, 2.75) is 53.0 Å². The Labute approximate surface area is 130 Å². The van der Waals surface area contributed by atoms with E-state index >= 15 is 0 Å². The van der Waals surface area contributed by atoms with E-state index < -0.39 is 0 Å². The normalized spacial score (nSPS) is 20.5. The van der Waals surface area contributed by atoms with E-state index in [0.29, 0.717) is 11.5 Å². The molecule has 1 N–H and O–H groups in total. The second kappa shape index (κ2) is 7.42. The second-order valence-corrected chi connectivity index (χ2v) is 7.37. The summed E-state index contributed by atoms with van der Waals surface area (Å²) in [7, 11) is 0. The number of ether oxygens (including phenoxy) is 1. The van der Waals surface area contributed by atoms with Gasteiger partial charge < -0.3 is 10.1 Å². The average Bonchev–Trinajstić information content (AvgIpc) is 2.44. The van der Waals surface area contributed by atoms with Gasteiger partial charge in [-0.25, -0.2) is 0 Å². The molecule has 2 rings (SSSR count). The molecule has 0 saturated heterocycles. The zero-order chi connectivity index (χ0) is 15.3. The molecule has 1 aromatic rings. The summed E-state index contributed by atoms with van der Waals surface area (Å²) in [4.78, 5) is 0. The molecule has 1 aliphatic rings.